The number of nitrogens with zero attached hydrogens (tertiary/aromatic N) is 1. The molecular formula is C12H14F3NO. The van der Waals surface area contributed by atoms with E-state index in [1.165, 1.54) is 0 Å². The number of hydrogen-bond donors (Lipinski definition) is 0. The third-order valence-electron chi connectivity index (χ3n) is 2.72. The molecule has 5 heteroatoms. The van der Waals surface area contributed by atoms with Gasteiger partial charge in [-0.25, -0.2) is 8.78 Å². The molecule has 1 aliphatic heterocycles. The maximum atomic E-state index is 13.2. The van der Waals surface area contributed by atoms with E-state index in [1.807, 2.05) is 4.90 Å². The average Bonchev–Trinajstić information content (AvgIpc) is 2.26. The van der Waals surface area contributed by atoms with E-state index in [-0.39, 0.29) is 18.5 Å². The quantitative estimate of drug-likeness (QED) is 0.789. The van der Waals surface area contributed by atoms with Gasteiger partial charge in [-0.1, -0.05) is 0 Å². The highest BCUT2D eigenvalue weighted by Crippen LogP contribution is 2.22. The van der Waals surface area contributed by atoms with Crippen LogP contribution in [0.4, 0.5) is 13.2 Å². The van der Waals surface area contributed by atoms with E-state index in [2.05, 4.69) is 0 Å². The molecule has 0 atom stereocenters. The number of benzene rings is 1. The van der Waals surface area contributed by atoms with E-state index < -0.39 is 11.6 Å². The van der Waals surface area contributed by atoms with E-state index in [9.17, 15) is 13.2 Å². The first-order valence-corrected chi connectivity index (χ1v) is 5.59. The van der Waals surface area contributed by atoms with Crippen LogP contribution in [-0.2, 0) is 0 Å². The lowest BCUT2D eigenvalue weighted by atomic mass is 10.1. The molecule has 17 heavy (non-hydrogen) atoms. The smallest absolute Gasteiger partial charge is 0.165 e. The molecule has 1 aliphatic rings. The van der Waals surface area contributed by atoms with Gasteiger partial charge in [0, 0.05) is 25.7 Å². The molecule has 0 N–H and O–H groups in total. The van der Waals surface area contributed by atoms with E-state index in [0.717, 1.165) is 18.2 Å². The molecule has 0 saturated carbocycles. The molecule has 0 unspecified atom stereocenters. The minimum absolute atomic E-state index is 0.0554. The summed E-state index contributed by atoms with van der Waals surface area (Å²) in [5, 5.41) is 0. The van der Waals surface area contributed by atoms with Crippen molar-refractivity contribution in [2.24, 2.45) is 0 Å². The van der Waals surface area contributed by atoms with Crippen LogP contribution in [0.2, 0.25) is 0 Å². The summed E-state index contributed by atoms with van der Waals surface area (Å²) < 4.78 is 43.3. The molecule has 0 aliphatic carbocycles. The summed E-state index contributed by atoms with van der Waals surface area (Å²) in [7, 11) is 0. The van der Waals surface area contributed by atoms with Gasteiger partial charge in [0.15, 0.2) is 11.6 Å². The lowest BCUT2D eigenvalue weighted by Crippen LogP contribution is -2.54. The Bertz CT molecular complexity index is 380. The highest BCUT2D eigenvalue weighted by molar-refractivity contribution is 5.25. The van der Waals surface area contributed by atoms with Gasteiger partial charge in [-0.2, -0.15) is 0 Å². The molecule has 0 radical (unpaired) electrons. The Morgan fingerprint density at radius 2 is 2.06 bits per heavy atom. The Labute approximate surface area is 98.0 Å². The molecule has 0 amide bonds. The van der Waals surface area contributed by atoms with Crippen LogP contribution in [0.3, 0.4) is 0 Å². The predicted octanol–water partition coefficient (Wildman–Crippen LogP) is 2.39. The minimum atomic E-state index is -0.561. The van der Waals surface area contributed by atoms with Crippen molar-refractivity contribution in [1.29, 1.82) is 0 Å². The van der Waals surface area contributed by atoms with Crippen LogP contribution < -0.4 is 4.74 Å². The van der Waals surface area contributed by atoms with Crippen LogP contribution in [0.15, 0.2) is 18.2 Å². The lowest BCUT2D eigenvalue weighted by Gasteiger charge is -2.38. The number of hydrogen-bond acceptors (Lipinski definition) is 2. The zero-order chi connectivity index (χ0) is 12.3. The Balaban J connectivity index is 1.81. The molecule has 0 bridgehead atoms. The van der Waals surface area contributed by atoms with E-state index >= 15 is 0 Å². The fourth-order valence-electron chi connectivity index (χ4n) is 1.81. The second-order valence-corrected chi connectivity index (χ2v) is 4.12. The summed E-state index contributed by atoms with van der Waals surface area (Å²) >= 11 is 0. The molecule has 1 heterocycles. The number of alkyl halides is 1. The molecule has 1 saturated heterocycles. The second-order valence-electron chi connectivity index (χ2n) is 4.12. The van der Waals surface area contributed by atoms with Crippen molar-refractivity contribution in [3.63, 3.8) is 0 Å². The zero-order valence-electron chi connectivity index (χ0n) is 9.33. The first kappa shape index (κ1) is 12.2. The third kappa shape index (κ3) is 3.12. The van der Waals surface area contributed by atoms with Gasteiger partial charge in [-0.05, 0) is 18.6 Å². The molecule has 1 fully saturated rings. The van der Waals surface area contributed by atoms with E-state index in [1.54, 1.807) is 0 Å². The Kier molecular flexibility index (Phi) is 3.89. The van der Waals surface area contributed by atoms with Crippen molar-refractivity contribution in [3.05, 3.63) is 29.8 Å². The van der Waals surface area contributed by atoms with Crippen LogP contribution in [0.1, 0.15) is 6.42 Å². The molecule has 94 valence electrons. The fraction of sp³-hybridized carbons (Fsp3) is 0.500. The second kappa shape index (κ2) is 5.40. The molecule has 0 aromatic heterocycles. The summed E-state index contributed by atoms with van der Waals surface area (Å²) in [5.74, 6) is -1.14. The lowest BCUT2D eigenvalue weighted by molar-refractivity contribution is 0.0160. The minimum Gasteiger partial charge on any atom is -0.485 e. The van der Waals surface area contributed by atoms with E-state index in [4.69, 9.17) is 4.74 Å². The Morgan fingerprint density at radius 3 is 2.76 bits per heavy atom. The number of halogens is 3. The molecule has 0 spiro atoms. The van der Waals surface area contributed by atoms with Crippen molar-refractivity contribution in [1.82, 2.24) is 4.90 Å². The SMILES string of the molecule is FCCCN1CC(Oc2cc(F)ccc2F)C1. The molecule has 1 aromatic rings. The third-order valence-corrected chi connectivity index (χ3v) is 2.72. The van der Waals surface area contributed by atoms with Gasteiger partial charge < -0.3 is 4.74 Å². The van der Waals surface area contributed by atoms with E-state index in [0.29, 0.717) is 26.1 Å². The number of ether oxygens (including phenoxy) is 1. The van der Waals surface area contributed by atoms with Gasteiger partial charge in [0.05, 0.1) is 6.67 Å². The maximum absolute atomic E-state index is 13.2. The Hall–Kier alpha value is -1.23. The van der Waals surface area contributed by atoms with Gasteiger partial charge in [-0.3, -0.25) is 9.29 Å². The van der Waals surface area contributed by atoms with Crippen LogP contribution in [-0.4, -0.2) is 37.3 Å². The summed E-state index contributed by atoms with van der Waals surface area (Å²) in [5.41, 5.74) is 0. The van der Waals surface area contributed by atoms with Gasteiger partial charge in [0.2, 0.25) is 0 Å². The first-order valence-electron chi connectivity index (χ1n) is 5.59. The van der Waals surface area contributed by atoms with Gasteiger partial charge in [0.25, 0.3) is 0 Å². The Morgan fingerprint density at radius 1 is 1.29 bits per heavy atom. The topological polar surface area (TPSA) is 12.5 Å². The predicted molar refractivity (Wildman–Crippen MR) is 57.8 cm³/mol. The van der Waals surface area contributed by atoms with Crippen molar-refractivity contribution in [3.8, 4) is 5.75 Å². The fourth-order valence-corrected chi connectivity index (χ4v) is 1.81. The van der Waals surface area contributed by atoms with Gasteiger partial charge in [-0.15, -0.1) is 0 Å². The van der Waals surface area contributed by atoms with Crippen molar-refractivity contribution in [2.75, 3.05) is 26.3 Å². The van der Waals surface area contributed by atoms with Crippen LogP contribution >= 0.6 is 0 Å². The van der Waals surface area contributed by atoms with Crippen molar-refractivity contribution in [2.45, 2.75) is 12.5 Å². The highest BCUT2D eigenvalue weighted by atomic mass is 19.1. The molecule has 1 aromatic carbocycles. The maximum Gasteiger partial charge on any atom is 0.165 e. The monoisotopic (exact) mass is 245 g/mol. The van der Waals surface area contributed by atoms with Crippen LogP contribution in [0.5, 0.6) is 5.75 Å². The highest BCUT2D eigenvalue weighted by Gasteiger charge is 2.28. The molecule has 2 rings (SSSR count). The first-order chi connectivity index (χ1) is 8.19. The van der Waals surface area contributed by atoms with Crippen LogP contribution in [0.25, 0.3) is 0 Å². The summed E-state index contributed by atoms with van der Waals surface area (Å²) in [6, 6.07) is 3.14. The summed E-state index contributed by atoms with van der Waals surface area (Å²) in [4.78, 5) is 2.02. The van der Waals surface area contributed by atoms with Crippen molar-refractivity contribution >= 4 is 0 Å². The standard InChI is InChI=1S/C12H14F3NO/c13-4-1-5-16-7-10(8-16)17-12-6-9(14)2-3-11(12)15/h2-3,6,10H,1,4-5,7-8H2. The van der Waals surface area contributed by atoms with Gasteiger partial charge in [0.1, 0.15) is 11.9 Å². The summed E-state index contributed by atoms with van der Waals surface area (Å²) in [6.45, 7) is 1.62. The van der Waals surface area contributed by atoms with Gasteiger partial charge >= 0.3 is 0 Å². The van der Waals surface area contributed by atoms with Crippen LogP contribution in [0, 0.1) is 11.6 Å². The summed E-state index contributed by atoms with van der Waals surface area (Å²) in [6.07, 6.45) is 0.368. The number of likely N-dealkylation sites (tertiary alicyclic amines) is 1. The zero-order valence-corrected chi connectivity index (χ0v) is 9.33. The van der Waals surface area contributed by atoms with Crippen molar-refractivity contribution < 1.29 is 17.9 Å². The number of rotatable bonds is 5. The normalized spacial score (nSPS) is 16.9. The average molecular weight is 245 g/mol. The largest absolute Gasteiger partial charge is 0.485 e. The molecular weight excluding hydrogens is 231 g/mol. The molecule has 2 nitrogen and oxygen atoms in total.